The fraction of sp³-hybridized carbons (Fsp3) is 0.400. The predicted molar refractivity (Wildman–Crippen MR) is 70.5 cm³/mol. The summed E-state index contributed by atoms with van der Waals surface area (Å²) < 4.78 is 27.7. The van der Waals surface area contributed by atoms with Crippen molar-refractivity contribution in [1.29, 1.82) is 0 Å². The molecule has 0 fully saturated rings. The Bertz CT molecular complexity index is 532. The third-order valence-corrected chi connectivity index (χ3v) is 5.01. The van der Waals surface area contributed by atoms with Crippen LogP contribution >= 0.6 is 15.9 Å². The molecule has 2 rings (SSSR count). The Kier molecular flexibility index (Phi) is 3.33. The number of anilines is 2. The molecule has 1 aromatic carbocycles. The highest BCUT2D eigenvalue weighted by Crippen LogP contribution is 2.41. The van der Waals surface area contributed by atoms with Gasteiger partial charge in [0.1, 0.15) is 0 Å². The van der Waals surface area contributed by atoms with Crippen molar-refractivity contribution in [2.45, 2.75) is 6.42 Å². The summed E-state index contributed by atoms with van der Waals surface area (Å²) in [5.41, 5.74) is 1.31. The molecule has 0 bridgehead atoms. The maximum Gasteiger partial charge on any atom is 0.326 e. The van der Waals surface area contributed by atoms with Gasteiger partial charge in [-0.05, 0) is 24.6 Å². The molecule has 5 nitrogen and oxygen atoms in total. The molecule has 0 spiro atoms. The standard InChI is InChI=1S/C10H13BrN2O3S/c1-12-10-7-8(11)3-4-9(10)13(5-2-6-14)17(12,15)16/h3-4,7,14H,2,5-6H2,1H3. The van der Waals surface area contributed by atoms with Crippen molar-refractivity contribution < 1.29 is 13.5 Å². The van der Waals surface area contributed by atoms with Gasteiger partial charge in [0.15, 0.2) is 0 Å². The number of aliphatic hydroxyl groups excluding tert-OH is 1. The molecule has 1 N–H and O–H groups in total. The first-order valence-corrected chi connectivity index (χ1v) is 7.34. The molecule has 1 aliphatic heterocycles. The van der Waals surface area contributed by atoms with Crippen molar-refractivity contribution in [2.24, 2.45) is 0 Å². The lowest BCUT2D eigenvalue weighted by Crippen LogP contribution is -2.36. The summed E-state index contributed by atoms with van der Waals surface area (Å²) in [5, 5.41) is 8.81. The van der Waals surface area contributed by atoms with Crippen LogP contribution in [0.1, 0.15) is 6.42 Å². The number of benzene rings is 1. The van der Waals surface area contributed by atoms with Gasteiger partial charge in [-0.3, -0.25) is 8.61 Å². The first-order valence-electron chi connectivity index (χ1n) is 5.15. The van der Waals surface area contributed by atoms with Crippen LogP contribution in [0.5, 0.6) is 0 Å². The SMILES string of the molecule is CN1c2cc(Br)ccc2N(CCCO)S1(=O)=O. The highest BCUT2D eigenvalue weighted by atomic mass is 79.9. The third kappa shape index (κ3) is 2.02. The van der Waals surface area contributed by atoms with E-state index >= 15 is 0 Å². The minimum absolute atomic E-state index is 0.0262. The van der Waals surface area contributed by atoms with Gasteiger partial charge in [0.25, 0.3) is 0 Å². The lowest BCUT2D eigenvalue weighted by atomic mass is 10.2. The summed E-state index contributed by atoms with van der Waals surface area (Å²) in [6.07, 6.45) is 0.419. The quantitative estimate of drug-likeness (QED) is 0.914. The Morgan fingerprint density at radius 3 is 2.71 bits per heavy atom. The van der Waals surface area contributed by atoms with Crippen molar-refractivity contribution in [3.05, 3.63) is 22.7 Å². The zero-order valence-electron chi connectivity index (χ0n) is 9.30. The molecule has 0 saturated heterocycles. The van der Waals surface area contributed by atoms with Crippen LogP contribution in [0, 0.1) is 0 Å². The molecule has 0 aliphatic carbocycles. The topological polar surface area (TPSA) is 60.9 Å². The zero-order chi connectivity index (χ0) is 12.6. The van der Waals surface area contributed by atoms with E-state index in [0.717, 1.165) is 4.47 Å². The number of rotatable bonds is 3. The van der Waals surface area contributed by atoms with Gasteiger partial charge in [-0.1, -0.05) is 15.9 Å². The summed E-state index contributed by atoms with van der Waals surface area (Å²) in [7, 11) is -1.95. The van der Waals surface area contributed by atoms with Crippen LogP contribution in [0.4, 0.5) is 11.4 Å². The smallest absolute Gasteiger partial charge is 0.326 e. The van der Waals surface area contributed by atoms with E-state index in [1.165, 1.54) is 15.7 Å². The zero-order valence-corrected chi connectivity index (χ0v) is 11.7. The van der Waals surface area contributed by atoms with Crippen LogP contribution in [0.25, 0.3) is 0 Å². The van der Waals surface area contributed by atoms with Gasteiger partial charge >= 0.3 is 10.2 Å². The van der Waals surface area contributed by atoms with E-state index in [1.807, 2.05) is 0 Å². The second-order valence-electron chi connectivity index (χ2n) is 3.76. The molecule has 0 radical (unpaired) electrons. The van der Waals surface area contributed by atoms with Gasteiger partial charge in [-0.2, -0.15) is 8.42 Å². The Morgan fingerprint density at radius 2 is 2.06 bits per heavy atom. The van der Waals surface area contributed by atoms with E-state index in [1.54, 1.807) is 18.2 Å². The second kappa shape index (κ2) is 4.47. The van der Waals surface area contributed by atoms with Crippen LogP contribution in [0.15, 0.2) is 22.7 Å². The minimum atomic E-state index is -3.48. The number of fused-ring (bicyclic) bond motifs is 1. The Balaban J connectivity index is 2.47. The van der Waals surface area contributed by atoms with Gasteiger partial charge in [0.05, 0.1) is 11.4 Å². The van der Waals surface area contributed by atoms with E-state index < -0.39 is 10.2 Å². The molecule has 0 atom stereocenters. The number of nitrogens with zero attached hydrogens (tertiary/aromatic N) is 2. The molecule has 1 heterocycles. The largest absolute Gasteiger partial charge is 0.396 e. The molecule has 0 unspecified atom stereocenters. The number of hydrogen-bond acceptors (Lipinski definition) is 3. The minimum Gasteiger partial charge on any atom is -0.396 e. The van der Waals surface area contributed by atoms with Crippen LogP contribution in [-0.4, -0.2) is 33.7 Å². The lowest BCUT2D eigenvalue weighted by Gasteiger charge is -2.18. The molecule has 0 aromatic heterocycles. The second-order valence-corrected chi connectivity index (χ2v) is 6.56. The summed E-state index contributed by atoms with van der Waals surface area (Å²) in [4.78, 5) is 0. The molecule has 17 heavy (non-hydrogen) atoms. The van der Waals surface area contributed by atoms with E-state index in [2.05, 4.69) is 15.9 Å². The lowest BCUT2D eigenvalue weighted by molar-refractivity contribution is 0.291. The average molecular weight is 321 g/mol. The summed E-state index contributed by atoms with van der Waals surface area (Å²) in [6, 6.07) is 5.34. The van der Waals surface area contributed by atoms with Gasteiger partial charge in [0.2, 0.25) is 0 Å². The molecule has 94 valence electrons. The fourth-order valence-electron chi connectivity index (χ4n) is 1.81. The molecule has 0 amide bonds. The number of aliphatic hydroxyl groups is 1. The normalized spacial score (nSPS) is 17.4. The van der Waals surface area contributed by atoms with Crippen molar-refractivity contribution in [2.75, 3.05) is 28.8 Å². The van der Waals surface area contributed by atoms with E-state index in [0.29, 0.717) is 17.8 Å². The van der Waals surface area contributed by atoms with Crippen molar-refractivity contribution >= 4 is 37.5 Å². The van der Waals surface area contributed by atoms with E-state index in [-0.39, 0.29) is 13.2 Å². The Labute approximate surface area is 109 Å². The van der Waals surface area contributed by atoms with Crippen molar-refractivity contribution in [3.8, 4) is 0 Å². The van der Waals surface area contributed by atoms with Crippen LogP contribution in [0.2, 0.25) is 0 Å². The number of halogens is 1. The highest BCUT2D eigenvalue weighted by Gasteiger charge is 2.37. The van der Waals surface area contributed by atoms with Crippen molar-refractivity contribution in [1.82, 2.24) is 0 Å². The maximum absolute atomic E-state index is 12.1. The van der Waals surface area contributed by atoms with Gasteiger partial charge in [0, 0.05) is 24.7 Å². The predicted octanol–water partition coefficient (Wildman–Crippen LogP) is 1.33. The van der Waals surface area contributed by atoms with E-state index in [9.17, 15) is 8.42 Å². The molecular formula is C10H13BrN2O3S. The summed E-state index contributed by atoms with van der Waals surface area (Å²) in [5.74, 6) is 0. The Hall–Kier alpha value is -0.790. The molecular weight excluding hydrogens is 308 g/mol. The molecule has 1 aliphatic rings. The van der Waals surface area contributed by atoms with Crippen LogP contribution in [-0.2, 0) is 10.2 Å². The highest BCUT2D eigenvalue weighted by molar-refractivity contribution is 9.10. The average Bonchev–Trinajstić information content (AvgIpc) is 2.46. The van der Waals surface area contributed by atoms with Gasteiger partial charge < -0.3 is 5.11 Å². The van der Waals surface area contributed by atoms with Gasteiger partial charge in [-0.15, -0.1) is 0 Å². The van der Waals surface area contributed by atoms with Crippen LogP contribution in [0.3, 0.4) is 0 Å². The summed E-state index contributed by atoms with van der Waals surface area (Å²) in [6.45, 7) is 0.263. The monoisotopic (exact) mass is 320 g/mol. The Morgan fingerprint density at radius 1 is 1.35 bits per heavy atom. The number of hydrogen-bond donors (Lipinski definition) is 1. The first kappa shape index (κ1) is 12.7. The summed E-state index contributed by atoms with van der Waals surface area (Å²) >= 11 is 3.32. The maximum atomic E-state index is 12.1. The van der Waals surface area contributed by atoms with Crippen molar-refractivity contribution in [3.63, 3.8) is 0 Å². The molecule has 0 saturated carbocycles. The van der Waals surface area contributed by atoms with E-state index in [4.69, 9.17) is 5.11 Å². The fourth-order valence-corrected chi connectivity index (χ4v) is 3.61. The third-order valence-electron chi connectivity index (χ3n) is 2.69. The first-order chi connectivity index (χ1) is 7.98. The molecule has 1 aromatic rings. The molecule has 7 heteroatoms. The van der Waals surface area contributed by atoms with Gasteiger partial charge in [-0.25, -0.2) is 0 Å². The van der Waals surface area contributed by atoms with Crippen LogP contribution < -0.4 is 8.61 Å².